The zero-order valence-electron chi connectivity index (χ0n) is 11.1. The van der Waals surface area contributed by atoms with Crippen molar-refractivity contribution in [1.29, 1.82) is 0 Å². The van der Waals surface area contributed by atoms with Gasteiger partial charge in [-0.25, -0.2) is 0 Å². The van der Waals surface area contributed by atoms with Gasteiger partial charge < -0.3 is 0 Å². The first-order valence-electron chi connectivity index (χ1n) is 6.53. The van der Waals surface area contributed by atoms with Crippen molar-refractivity contribution < 1.29 is 0 Å². The summed E-state index contributed by atoms with van der Waals surface area (Å²) in [6.45, 7) is 2.01. The molecular weight excluding hydrogens is 290 g/mol. The van der Waals surface area contributed by atoms with Gasteiger partial charge in [0, 0.05) is 28.9 Å². The van der Waals surface area contributed by atoms with E-state index >= 15 is 0 Å². The monoisotopic (exact) mass is 303 g/mol. The predicted molar refractivity (Wildman–Crippen MR) is 84.4 cm³/mol. The van der Waals surface area contributed by atoms with Crippen LogP contribution < -0.4 is 0 Å². The minimum Gasteiger partial charge on any atom is -0.253 e. The maximum Gasteiger partial charge on any atom is 0.148 e. The minimum atomic E-state index is 0.659. The molecule has 20 heavy (non-hydrogen) atoms. The van der Waals surface area contributed by atoms with Gasteiger partial charge in [0.05, 0.1) is 5.52 Å². The quantitative estimate of drug-likeness (QED) is 0.677. The largest absolute Gasteiger partial charge is 0.253 e. The summed E-state index contributed by atoms with van der Waals surface area (Å²) in [6, 6.07) is 10.2. The fraction of sp³-hybridized carbons (Fsp3) is 0.267. The lowest BCUT2D eigenvalue weighted by Gasteiger charge is -2.04. The summed E-state index contributed by atoms with van der Waals surface area (Å²) in [7, 11) is 0. The zero-order chi connectivity index (χ0) is 13.9. The summed E-state index contributed by atoms with van der Waals surface area (Å²) in [5, 5.41) is 11.7. The van der Waals surface area contributed by atoms with Crippen LogP contribution in [-0.2, 0) is 6.42 Å². The van der Waals surface area contributed by atoms with Gasteiger partial charge in [0.25, 0.3) is 0 Å². The maximum absolute atomic E-state index is 5.72. The third-order valence-corrected chi connectivity index (χ3v) is 4.35. The number of rotatable bonds is 4. The number of fused-ring (bicyclic) bond motifs is 1. The number of hydrogen-bond acceptors (Lipinski definition) is 4. The highest BCUT2D eigenvalue weighted by Gasteiger charge is 2.11. The van der Waals surface area contributed by atoms with Gasteiger partial charge in [0.1, 0.15) is 10.0 Å². The average Bonchev–Trinajstić information content (AvgIpc) is 2.93. The highest BCUT2D eigenvalue weighted by Crippen LogP contribution is 2.31. The fourth-order valence-electron chi connectivity index (χ4n) is 2.17. The molecule has 0 aliphatic heterocycles. The highest BCUT2D eigenvalue weighted by molar-refractivity contribution is 7.14. The molecule has 0 N–H and O–H groups in total. The predicted octanol–water partition coefficient (Wildman–Crippen LogP) is 4.23. The lowest BCUT2D eigenvalue weighted by atomic mass is 10.1. The lowest BCUT2D eigenvalue weighted by Crippen LogP contribution is -1.87. The van der Waals surface area contributed by atoms with Crippen molar-refractivity contribution in [2.45, 2.75) is 19.8 Å². The van der Waals surface area contributed by atoms with Gasteiger partial charge in [-0.2, -0.15) is 0 Å². The summed E-state index contributed by atoms with van der Waals surface area (Å²) in [6.07, 6.45) is 1.83. The average molecular weight is 304 g/mol. The summed E-state index contributed by atoms with van der Waals surface area (Å²) < 4.78 is 0. The molecule has 102 valence electrons. The Morgan fingerprint density at radius 1 is 1.20 bits per heavy atom. The Morgan fingerprint density at radius 2 is 2.05 bits per heavy atom. The Bertz CT molecular complexity index is 739. The summed E-state index contributed by atoms with van der Waals surface area (Å²) in [5.41, 5.74) is 3.11. The number of nitrogens with zero attached hydrogens (tertiary/aromatic N) is 3. The van der Waals surface area contributed by atoms with Crippen molar-refractivity contribution in [3.05, 3.63) is 41.0 Å². The first-order valence-corrected chi connectivity index (χ1v) is 7.88. The van der Waals surface area contributed by atoms with E-state index in [-0.39, 0.29) is 0 Å². The number of para-hydroxylation sites is 1. The Kier molecular flexibility index (Phi) is 3.94. The molecule has 0 radical (unpaired) electrons. The molecule has 1 aromatic carbocycles. The Labute approximate surface area is 126 Å². The number of halogens is 1. The molecule has 0 spiro atoms. The minimum absolute atomic E-state index is 0.659. The molecule has 2 aromatic heterocycles. The zero-order valence-corrected chi connectivity index (χ0v) is 12.7. The van der Waals surface area contributed by atoms with E-state index in [1.54, 1.807) is 11.3 Å². The van der Waals surface area contributed by atoms with Crippen LogP contribution >= 0.6 is 22.9 Å². The molecule has 0 bridgehead atoms. The number of alkyl halides is 1. The topological polar surface area (TPSA) is 38.7 Å². The van der Waals surface area contributed by atoms with Crippen molar-refractivity contribution in [2.24, 2.45) is 0 Å². The first-order chi connectivity index (χ1) is 9.78. The van der Waals surface area contributed by atoms with Crippen LogP contribution in [0.15, 0.2) is 30.3 Å². The number of pyridine rings is 1. The molecule has 0 saturated heterocycles. The summed E-state index contributed by atoms with van der Waals surface area (Å²) in [5.74, 6) is 0.659. The molecule has 0 aliphatic rings. The number of aromatic nitrogens is 3. The molecule has 0 unspecified atom stereocenters. The third-order valence-electron chi connectivity index (χ3n) is 3.07. The number of hydrogen-bond donors (Lipinski definition) is 0. The van der Waals surface area contributed by atoms with Gasteiger partial charge >= 0.3 is 0 Å². The van der Waals surface area contributed by atoms with Crippen molar-refractivity contribution in [2.75, 3.05) is 5.88 Å². The molecular formula is C15H14ClN3S. The fourth-order valence-corrected chi connectivity index (χ4v) is 3.21. The van der Waals surface area contributed by atoms with Crippen molar-refractivity contribution in [3.8, 4) is 10.6 Å². The van der Waals surface area contributed by atoms with E-state index in [4.69, 9.17) is 11.6 Å². The summed E-state index contributed by atoms with van der Waals surface area (Å²) in [4.78, 5) is 4.56. The second-order valence-corrected chi connectivity index (χ2v) is 6.06. The molecule has 3 nitrogen and oxygen atoms in total. The van der Waals surface area contributed by atoms with E-state index in [9.17, 15) is 0 Å². The van der Waals surface area contributed by atoms with E-state index in [2.05, 4.69) is 27.3 Å². The van der Waals surface area contributed by atoms with Gasteiger partial charge in [0.2, 0.25) is 0 Å². The standard InChI is InChI=1S/C15H14ClN3S/c1-10-9-12(11-5-2-3-6-13(11)17-10)15-19-18-14(20-15)7-4-8-16/h2-3,5-6,9H,4,7-8H2,1H3. The second-order valence-electron chi connectivity index (χ2n) is 4.62. The molecule has 0 saturated carbocycles. The normalized spacial score (nSPS) is 11.1. The van der Waals surface area contributed by atoms with Gasteiger partial charge in [-0.1, -0.05) is 29.5 Å². The Morgan fingerprint density at radius 3 is 2.90 bits per heavy atom. The van der Waals surface area contributed by atoms with Gasteiger partial charge in [-0.05, 0) is 25.5 Å². The molecule has 0 fully saturated rings. The molecule has 0 amide bonds. The lowest BCUT2D eigenvalue weighted by molar-refractivity contribution is 0.884. The smallest absolute Gasteiger partial charge is 0.148 e. The van der Waals surface area contributed by atoms with Crippen LogP contribution in [0.5, 0.6) is 0 Å². The first kappa shape index (κ1) is 13.5. The van der Waals surface area contributed by atoms with Crippen LogP contribution in [-0.4, -0.2) is 21.1 Å². The van der Waals surface area contributed by atoms with Crippen LogP contribution in [0.3, 0.4) is 0 Å². The van der Waals surface area contributed by atoms with Gasteiger partial charge in [0.15, 0.2) is 0 Å². The van der Waals surface area contributed by atoms with Crippen LogP contribution in [0.1, 0.15) is 17.1 Å². The van der Waals surface area contributed by atoms with Crippen LogP contribution in [0.4, 0.5) is 0 Å². The van der Waals surface area contributed by atoms with Crippen LogP contribution in [0.25, 0.3) is 21.5 Å². The molecule has 0 aliphatic carbocycles. The van der Waals surface area contributed by atoms with E-state index < -0.39 is 0 Å². The van der Waals surface area contributed by atoms with Gasteiger partial charge in [-0.3, -0.25) is 4.98 Å². The SMILES string of the molecule is Cc1cc(-c2nnc(CCCCl)s2)c2ccccc2n1. The molecule has 3 rings (SSSR count). The van der Waals surface area contributed by atoms with E-state index in [0.717, 1.165) is 45.0 Å². The van der Waals surface area contributed by atoms with E-state index in [1.165, 1.54) is 0 Å². The van der Waals surface area contributed by atoms with E-state index in [1.807, 2.05) is 25.1 Å². The third kappa shape index (κ3) is 2.67. The Hall–Kier alpha value is -1.52. The van der Waals surface area contributed by atoms with Crippen molar-refractivity contribution in [3.63, 3.8) is 0 Å². The van der Waals surface area contributed by atoms with Crippen molar-refractivity contribution >= 4 is 33.8 Å². The molecule has 5 heteroatoms. The summed E-state index contributed by atoms with van der Waals surface area (Å²) >= 11 is 7.36. The molecule has 0 atom stereocenters. The number of aryl methyl sites for hydroxylation is 2. The second kappa shape index (κ2) is 5.85. The van der Waals surface area contributed by atoms with Gasteiger partial charge in [-0.15, -0.1) is 21.8 Å². The van der Waals surface area contributed by atoms with Crippen LogP contribution in [0, 0.1) is 6.92 Å². The highest BCUT2D eigenvalue weighted by atomic mass is 35.5. The van der Waals surface area contributed by atoms with E-state index in [0.29, 0.717) is 5.88 Å². The molecule has 2 heterocycles. The Balaban J connectivity index is 2.07. The van der Waals surface area contributed by atoms with Crippen LogP contribution in [0.2, 0.25) is 0 Å². The molecule has 3 aromatic rings. The number of benzene rings is 1. The maximum atomic E-state index is 5.72. The van der Waals surface area contributed by atoms with Crippen molar-refractivity contribution in [1.82, 2.24) is 15.2 Å².